The number of anilines is 1. The van der Waals surface area contributed by atoms with Gasteiger partial charge in [0.2, 0.25) is 0 Å². The number of rotatable bonds is 3. The molecule has 2 aromatic heterocycles. The summed E-state index contributed by atoms with van der Waals surface area (Å²) in [5, 5.41) is 0. The minimum atomic E-state index is 0.291. The van der Waals surface area contributed by atoms with Gasteiger partial charge < -0.3 is 5.43 Å². The first-order valence-electron chi connectivity index (χ1n) is 6.17. The molecule has 0 saturated heterocycles. The Morgan fingerprint density at radius 1 is 1.05 bits per heavy atom. The van der Waals surface area contributed by atoms with Gasteiger partial charge in [-0.25, -0.2) is 25.8 Å². The Bertz CT molecular complexity index is 576. The van der Waals surface area contributed by atoms with Crippen molar-refractivity contribution in [1.29, 1.82) is 0 Å². The maximum absolute atomic E-state index is 5.55. The van der Waals surface area contributed by atoms with E-state index in [9.17, 15) is 0 Å². The molecule has 0 radical (unpaired) electrons. The Hall–Kier alpha value is -2.08. The predicted molar refractivity (Wildman–Crippen MR) is 74.4 cm³/mol. The van der Waals surface area contributed by atoms with Gasteiger partial charge in [0.15, 0.2) is 11.6 Å². The van der Waals surface area contributed by atoms with Crippen molar-refractivity contribution >= 4 is 5.82 Å². The Morgan fingerprint density at radius 2 is 1.68 bits per heavy atom. The van der Waals surface area contributed by atoms with Crippen molar-refractivity contribution in [1.82, 2.24) is 19.9 Å². The molecule has 3 N–H and O–H groups in total. The van der Waals surface area contributed by atoms with Gasteiger partial charge in [-0.3, -0.25) is 0 Å². The highest BCUT2D eigenvalue weighted by molar-refractivity contribution is 5.54. The van der Waals surface area contributed by atoms with Gasteiger partial charge in [-0.1, -0.05) is 13.8 Å². The molecule has 0 aliphatic rings. The molecule has 6 nitrogen and oxygen atoms in total. The fraction of sp³-hybridized carbons (Fsp3) is 0.385. The molecule has 19 heavy (non-hydrogen) atoms. The average Bonchev–Trinajstić information content (AvgIpc) is 2.38. The number of hydrogen-bond acceptors (Lipinski definition) is 6. The fourth-order valence-electron chi connectivity index (χ4n) is 1.99. The zero-order valence-corrected chi connectivity index (χ0v) is 11.6. The van der Waals surface area contributed by atoms with Gasteiger partial charge in [0, 0.05) is 23.7 Å². The number of hydrazine groups is 1. The minimum absolute atomic E-state index is 0.291. The van der Waals surface area contributed by atoms with E-state index in [0.29, 0.717) is 23.4 Å². The number of hydrogen-bond donors (Lipinski definition) is 2. The largest absolute Gasteiger partial charge is 0.308 e. The van der Waals surface area contributed by atoms with E-state index in [-0.39, 0.29) is 0 Å². The van der Waals surface area contributed by atoms with Crippen LogP contribution in [0.4, 0.5) is 5.82 Å². The Balaban J connectivity index is 2.54. The summed E-state index contributed by atoms with van der Waals surface area (Å²) in [4.78, 5) is 17.3. The lowest BCUT2D eigenvalue weighted by Crippen LogP contribution is -2.15. The summed E-state index contributed by atoms with van der Waals surface area (Å²) < 4.78 is 0. The lowest BCUT2D eigenvalue weighted by atomic mass is 10.0. The molecule has 2 rings (SSSR count). The fourth-order valence-corrected chi connectivity index (χ4v) is 1.99. The van der Waals surface area contributed by atoms with Crippen LogP contribution in [0.1, 0.15) is 36.6 Å². The molecule has 0 bridgehead atoms. The first kappa shape index (κ1) is 13.4. The number of aromatic nitrogens is 4. The highest BCUT2D eigenvalue weighted by atomic mass is 15.3. The van der Waals surface area contributed by atoms with Crippen molar-refractivity contribution in [2.24, 2.45) is 5.84 Å². The molecule has 100 valence electrons. The van der Waals surface area contributed by atoms with Gasteiger partial charge in [0.25, 0.3) is 0 Å². The molecule has 0 spiro atoms. The quantitative estimate of drug-likeness (QED) is 0.646. The SMILES string of the molecule is Cc1cnc(-c2nc(C)c(C(C)C)c(NN)n2)nc1. The molecule has 0 aliphatic carbocycles. The van der Waals surface area contributed by atoms with Gasteiger partial charge in [0.1, 0.15) is 5.82 Å². The highest BCUT2D eigenvalue weighted by Gasteiger charge is 2.16. The number of aryl methyl sites for hydroxylation is 2. The van der Waals surface area contributed by atoms with Crippen LogP contribution in [0, 0.1) is 13.8 Å². The summed E-state index contributed by atoms with van der Waals surface area (Å²) in [6.45, 7) is 8.03. The Labute approximate surface area is 112 Å². The van der Waals surface area contributed by atoms with Gasteiger partial charge in [-0.2, -0.15) is 0 Å². The molecule has 6 heteroatoms. The summed E-state index contributed by atoms with van der Waals surface area (Å²) in [5.74, 6) is 7.45. The van der Waals surface area contributed by atoms with Crippen LogP contribution in [0.15, 0.2) is 12.4 Å². The molecule has 2 aromatic rings. The number of nitrogens with one attached hydrogen (secondary N) is 1. The normalized spacial score (nSPS) is 10.8. The van der Waals surface area contributed by atoms with Gasteiger partial charge >= 0.3 is 0 Å². The highest BCUT2D eigenvalue weighted by Crippen LogP contribution is 2.26. The van der Waals surface area contributed by atoms with Crippen LogP contribution in [0.3, 0.4) is 0 Å². The van der Waals surface area contributed by atoms with E-state index in [4.69, 9.17) is 5.84 Å². The van der Waals surface area contributed by atoms with E-state index < -0.39 is 0 Å². The molecule has 0 unspecified atom stereocenters. The van der Waals surface area contributed by atoms with Crippen molar-refractivity contribution in [3.05, 3.63) is 29.2 Å². The third-order valence-electron chi connectivity index (χ3n) is 2.83. The van der Waals surface area contributed by atoms with Crippen LogP contribution < -0.4 is 11.3 Å². The van der Waals surface area contributed by atoms with Crippen LogP contribution in [-0.2, 0) is 0 Å². The summed E-state index contributed by atoms with van der Waals surface area (Å²) in [6.07, 6.45) is 3.49. The van der Waals surface area contributed by atoms with E-state index in [2.05, 4.69) is 39.2 Å². The van der Waals surface area contributed by atoms with Crippen LogP contribution in [0.25, 0.3) is 11.6 Å². The van der Waals surface area contributed by atoms with Crippen molar-refractivity contribution in [3.63, 3.8) is 0 Å². The molecular weight excluding hydrogens is 240 g/mol. The predicted octanol–water partition coefficient (Wildman–Crippen LogP) is 1.96. The number of nitrogens with two attached hydrogens (primary N) is 1. The first-order valence-corrected chi connectivity index (χ1v) is 6.17. The molecule has 0 amide bonds. The van der Waals surface area contributed by atoms with Crippen molar-refractivity contribution in [2.75, 3.05) is 5.43 Å². The van der Waals surface area contributed by atoms with Crippen LogP contribution in [0.5, 0.6) is 0 Å². The second-order valence-electron chi connectivity index (χ2n) is 4.78. The average molecular weight is 258 g/mol. The molecule has 2 heterocycles. The minimum Gasteiger partial charge on any atom is -0.308 e. The molecule has 0 fully saturated rings. The maximum Gasteiger partial charge on any atom is 0.199 e. The second-order valence-corrected chi connectivity index (χ2v) is 4.78. The monoisotopic (exact) mass is 258 g/mol. The maximum atomic E-state index is 5.55. The smallest absolute Gasteiger partial charge is 0.199 e. The third-order valence-corrected chi connectivity index (χ3v) is 2.83. The Kier molecular flexibility index (Phi) is 3.71. The van der Waals surface area contributed by atoms with Crippen LogP contribution >= 0.6 is 0 Å². The van der Waals surface area contributed by atoms with Crippen LogP contribution in [0.2, 0.25) is 0 Å². The molecule has 0 saturated carbocycles. The van der Waals surface area contributed by atoms with E-state index in [1.54, 1.807) is 12.4 Å². The summed E-state index contributed by atoms with van der Waals surface area (Å²) in [6, 6.07) is 0. The molecule has 0 aliphatic heterocycles. The summed E-state index contributed by atoms with van der Waals surface area (Å²) in [5.41, 5.74) is 5.53. The lowest BCUT2D eigenvalue weighted by Gasteiger charge is -2.14. The van der Waals surface area contributed by atoms with E-state index in [1.165, 1.54) is 0 Å². The third kappa shape index (κ3) is 2.68. The zero-order chi connectivity index (χ0) is 14.0. The van der Waals surface area contributed by atoms with Crippen LogP contribution in [-0.4, -0.2) is 19.9 Å². The molecule has 0 aromatic carbocycles. The van der Waals surface area contributed by atoms with E-state index in [0.717, 1.165) is 16.8 Å². The standard InChI is InChI=1S/C13H18N6/c1-7(2)10-9(4)17-13(18-11(10)19-14)12-15-5-8(3)6-16-12/h5-7H,14H2,1-4H3,(H,17,18,19). The van der Waals surface area contributed by atoms with E-state index >= 15 is 0 Å². The first-order chi connectivity index (χ1) is 9.02. The second kappa shape index (κ2) is 5.27. The molecular formula is C13H18N6. The number of nitrogen functional groups attached to an aromatic ring is 1. The van der Waals surface area contributed by atoms with Crippen molar-refractivity contribution in [3.8, 4) is 11.6 Å². The van der Waals surface area contributed by atoms with E-state index in [1.807, 2.05) is 13.8 Å². The van der Waals surface area contributed by atoms with Gasteiger partial charge in [-0.05, 0) is 25.3 Å². The lowest BCUT2D eigenvalue weighted by molar-refractivity contribution is 0.829. The summed E-state index contributed by atoms with van der Waals surface area (Å²) in [7, 11) is 0. The zero-order valence-electron chi connectivity index (χ0n) is 11.6. The van der Waals surface area contributed by atoms with Gasteiger partial charge in [0.05, 0.1) is 0 Å². The number of nitrogens with zero attached hydrogens (tertiary/aromatic N) is 4. The topological polar surface area (TPSA) is 89.6 Å². The van der Waals surface area contributed by atoms with Crippen molar-refractivity contribution < 1.29 is 0 Å². The molecule has 0 atom stereocenters. The van der Waals surface area contributed by atoms with Gasteiger partial charge in [-0.15, -0.1) is 0 Å². The Morgan fingerprint density at radius 3 is 2.21 bits per heavy atom. The summed E-state index contributed by atoms with van der Waals surface area (Å²) >= 11 is 0. The van der Waals surface area contributed by atoms with Crippen molar-refractivity contribution in [2.45, 2.75) is 33.6 Å².